The zero-order valence-electron chi connectivity index (χ0n) is 17.0. The molecule has 0 spiro atoms. The minimum Gasteiger partial charge on any atom is -0.484 e. The van der Waals surface area contributed by atoms with Gasteiger partial charge in [-0.3, -0.25) is 9.69 Å². The molecule has 1 amide bonds. The van der Waals surface area contributed by atoms with Crippen molar-refractivity contribution in [1.82, 2.24) is 4.98 Å². The van der Waals surface area contributed by atoms with Crippen LogP contribution in [0.3, 0.4) is 0 Å². The van der Waals surface area contributed by atoms with E-state index in [1.807, 2.05) is 48.5 Å². The van der Waals surface area contributed by atoms with Gasteiger partial charge in [-0.05, 0) is 55.8 Å². The third kappa shape index (κ3) is 5.57. The van der Waals surface area contributed by atoms with Crippen molar-refractivity contribution >= 4 is 17.4 Å². The van der Waals surface area contributed by atoms with Gasteiger partial charge in [-0.1, -0.05) is 36.4 Å². The Morgan fingerprint density at radius 3 is 2.21 bits per heavy atom. The molecule has 150 valence electrons. The fraction of sp³-hybridized carbons (Fsp3) is 0.250. The Labute approximate surface area is 172 Å². The lowest BCUT2D eigenvalue weighted by molar-refractivity contribution is -0.120. The number of amides is 1. The topological polar surface area (TPSA) is 45.7 Å². The smallest absolute Gasteiger partial charge is 0.266 e. The van der Waals surface area contributed by atoms with Crippen LogP contribution in [0.15, 0.2) is 79.0 Å². The fourth-order valence-corrected chi connectivity index (χ4v) is 3.13. The van der Waals surface area contributed by atoms with E-state index in [1.54, 1.807) is 11.1 Å². The number of hydrogen-bond donors (Lipinski definition) is 0. The van der Waals surface area contributed by atoms with E-state index in [-0.39, 0.29) is 12.5 Å². The van der Waals surface area contributed by atoms with Crippen molar-refractivity contribution in [3.8, 4) is 5.75 Å². The molecule has 1 heterocycles. The van der Waals surface area contributed by atoms with Crippen LogP contribution in [-0.4, -0.2) is 30.6 Å². The zero-order valence-corrected chi connectivity index (χ0v) is 17.0. The van der Waals surface area contributed by atoms with Crippen molar-refractivity contribution in [2.75, 3.05) is 29.5 Å². The highest BCUT2D eigenvalue weighted by atomic mass is 16.5. The van der Waals surface area contributed by atoms with Crippen LogP contribution in [0.4, 0.5) is 11.5 Å². The summed E-state index contributed by atoms with van der Waals surface area (Å²) in [6.45, 7) is 6.61. The molecule has 0 aliphatic carbocycles. The minimum absolute atomic E-state index is 0.0435. The molecule has 5 heteroatoms. The number of pyridine rings is 1. The molecule has 0 saturated heterocycles. The van der Waals surface area contributed by atoms with E-state index in [0.29, 0.717) is 18.1 Å². The second-order valence-electron chi connectivity index (χ2n) is 6.61. The SMILES string of the molecule is CCN(CC)c1ccc(CN(C(=O)COc2ccccc2)c2ccccn2)cc1. The number of aromatic nitrogens is 1. The van der Waals surface area contributed by atoms with Gasteiger partial charge < -0.3 is 9.64 Å². The van der Waals surface area contributed by atoms with E-state index in [2.05, 4.69) is 48.0 Å². The minimum atomic E-state index is -0.139. The summed E-state index contributed by atoms with van der Waals surface area (Å²) in [6, 6.07) is 23.2. The third-order valence-corrected chi connectivity index (χ3v) is 4.74. The second-order valence-corrected chi connectivity index (χ2v) is 6.61. The molecule has 0 saturated carbocycles. The van der Waals surface area contributed by atoms with E-state index < -0.39 is 0 Å². The summed E-state index contributed by atoms with van der Waals surface area (Å²) in [7, 11) is 0. The molecule has 0 atom stereocenters. The van der Waals surface area contributed by atoms with Gasteiger partial charge in [0.15, 0.2) is 6.61 Å². The number of nitrogens with zero attached hydrogens (tertiary/aromatic N) is 3. The Bertz CT molecular complexity index is 879. The first-order chi connectivity index (χ1) is 14.2. The molecular formula is C24H27N3O2. The Morgan fingerprint density at radius 1 is 0.897 bits per heavy atom. The number of benzene rings is 2. The highest BCUT2D eigenvalue weighted by Crippen LogP contribution is 2.19. The largest absolute Gasteiger partial charge is 0.484 e. The normalized spacial score (nSPS) is 10.4. The molecule has 0 aliphatic rings. The van der Waals surface area contributed by atoms with Gasteiger partial charge in [-0.2, -0.15) is 0 Å². The van der Waals surface area contributed by atoms with E-state index in [4.69, 9.17) is 4.74 Å². The average molecular weight is 389 g/mol. The lowest BCUT2D eigenvalue weighted by Crippen LogP contribution is -2.35. The Hall–Kier alpha value is -3.34. The maximum Gasteiger partial charge on any atom is 0.266 e. The number of para-hydroxylation sites is 1. The van der Waals surface area contributed by atoms with Crippen LogP contribution in [0.2, 0.25) is 0 Å². The van der Waals surface area contributed by atoms with Gasteiger partial charge in [0, 0.05) is 25.0 Å². The standard InChI is InChI=1S/C24H27N3O2/c1-3-26(4-2)21-15-13-20(14-16-21)18-27(23-12-8-9-17-25-23)24(28)19-29-22-10-6-5-7-11-22/h5-17H,3-4,18-19H2,1-2H3. The molecular weight excluding hydrogens is 362 g/mol. The summed E-state index contributed by atoms with van der Waals surface area (Å²) in [6.07, 6.45) is 1.69. The van der Waals surface area contributed by atoms with Gasteiger partial charge in [-0.25, -0.2) is 4.98 Å². The molecule has 0 N–H and O–H groups in total. The molecule has 0 aliphatic heterocycles. The van der Waals surface area contributed by atoms with E-state index in [0.717, 1.165) is 18.7 Å². The highest BCUT2D eigenvalue weighted by molar-refractivity contribution is 5.93. The second kappa shape index (κ2) is 10.3. The van der Waals surface area contributed by atoms with Crippen molar-refractivity contribution < 1.29 is 9.53 Å². The first-order valence-corrected chi connectivity index (χ1v) is 9.94. The highest BCUT2D eigenvalue weighted by Gasteiger charge is 2.18. The Kier molecular flexibility index (Phi) is 7.22. The Balaban J connectivity index is 1.74. The summed E-state index contributed by atoms with van der Waals surface area (Å²) in [5.41, 5.74) is 2.22. The molecule has 0 unspecified atom stereocenters. The van der Waals surface area contributed by atoms with Crippen LogP contribution in [0.25, 0.3) is 0 Å². The predicted octanol–water partition coefficient (Wildman–Crippen LogP) is 4.54. The van der Waals surface area contributed by atoms with Gasteiger partial charge in [0.05, 0.1) is 6.54 Å². The monoisotopic (exact) mass is 389 g/mol. The van der Waals surface area contributed by atoms with E-state index in [9.17, 15) is 4.79 Å². The molecule has 0 bridgehead atoms. The lowest BCUT2D eigenvalue weighted by Gasteiger charge is -2.24. The van der Waals surface area contributed by atoms with Crippen molar-refractivity contribution in [2.45, 2.75) is 20.4 Å². The maximum atomic E-state index is 12.9. The third-order valence-electron chi connectivity index (χ3n) is 4.74. The van der Waals surface area contributed by atoms with Crippen LogP contribution in [0, 0.1) is 0 Å². The van der Waals surface area contributed by atoms with Crippen LogP contribution in [0.5, 0.6) is 5.75 Å². The molecule has 3 rings (SSSR count). The van der Waals surface area contributed by atoms with Gasteiger partial charge in [-0.15, -0.1) is 0 Å². The number of ether oxygens (including phenoxy) is 1. The van der Waals surface area contributed by atoms with Crippen LogP contribution >= 0.6 is 0 Å². The van der Waals surface area contributed by atoms with Gasteiger partial charge in [0.1, 0.15) is 11.6 Å². The first-order valence-electron chi connectivity index (χ1n) is 9.94. The first kappa shape index (κ1) is 20.4. The molecule has 2 aromatic carbocycles. The van der Waals surface area contributed by atoms with Gasteiger partial charge >= 0.3 is 0 Å². The van der Waals surface area contributed by atoms with E-state index >= 15 is 0 Å². The molecule has 0 fully saturated rings. The number of anilines is 2. The molecule has 5 nitrogen and oxygen atoms in total. The van der Waals surface area contributed by atoms with Crippen molar-refractivity contribution in [3.63, 3.8) is 0 Å². The number of carbonyl (C=O) groups is 1. The van der Waals surface area contributed by atoms with Crippen LogP contribution in [0.1, 0.15) is 19.4 Å². The van der Waals surface area contributed by atoms with Gasteiger partial charge in [0.25, 0.3) is 5.91 Å². The molecule has 1 aromatic heterocycles. The molecule has 29 heavy (non-hydrogen) atoms. The van der Waals surface area contributed by atoms with Crippen LogP contribution < -0.4 is 14.5 Å². The van der Waals surface area contributed by atoms with Crippen molar-refractivity contribution in [3.05, 3.63) is 84.6 Å². The Morgan fingerprint density at radius 2 is 1.59 bits per heavy atom. The zero-order chi connectivity index (χ0) is 20.5. The number of carbonyl (C=O) groups excluding carboxylic acids is 1. The van der Waals surface area contributed by atoms with Crippen molar-refractivity contribution in [2.24, 2.45) is 0 Å². The lowest BCUT2D eigenvalue weighted by atomic mass is 10.1. The summed E-state index contributed by atoms with van der Waals surface area (Å²) < 4.78 is 5.66. The van der Waals surface area contributed by atoms with Crippen molar-refractivity contribution in [1.29, 1.82) is 0 Å². The summed E-state index contributed by atoms with van der Waals surface area (Å²) in [5, 5.41) is 0. The summed E-state index contributed by atoms with van der Waals surface area (Å²) in [4.78, 5) is 21.3. The average Bonchev–Trinajstić information content (AvgIpc) is 2.79. The molecule has 0 radical (unpaired) electrons. The van der Waals surface area contributed by atoms with Gasteiger partial charge in [0.2, 0.25) is 0 Å². The summed E-state index contributed by atoms with van der Waals surface area (Å²) in [5.74, 6) is 1.15. The fourth-order valence-electron chi connectivity index (χ4n) is 3.13. The van der Waals surface area contributed by atoms with E-state index in [1.165, 1.54) is 5.69 Å². The molecule has 3 aromatic rings. The maximum absolute atomic E-state index is 12.9. The number of rotatable bonds is 9. The predicted molar refractivity (Wildman–Crippen MR) is 117 cm³/mol. The summed E-state index contributed by atoms with van der Waals surface area (Å²) >= 11 is 0. The number of hydrogen-bond acceptors (Lipinski definition) is 4. The van der Waals surface area contributed by atoms with Crippen LogP contribution in [-0.2, 0) is 11.3 Å². The quantitative estimate of drug-likeness (QED) is 0.539.